The Kier molecular flexibility index (Phi) is 5.13. The number of hydrogen-bond donors (Lipinski definition) is 1. The van der Waals surface area contributed by atoms with Crippen LogP contribution in [0.15, 0.2) is 42.7 Å². The number of aryl methyl sites for hydroxylation is 1. The van der Waals surface area contributed by atoms with Gasteiger partial charge in [0.2, 0.25) is 5.91 Å². The van der Waals surface area contributed by atoms with E-state index in [0.29, 0.717) is 5.56 Å². The minimum atomic E-state index is -0.807. The maximum Gasteiger partial charge on any atom is 0.230 e. The smallest absolute Gasteiger partial charge is 0.230 e. The number of methoxy groups -OCH3 is 1. The van der Waals surface area contributed by atoms with E-state index >= 15 is 0 Å². The molecule has 8 nitrogen and oxygen atoms in total. The summed E-state index contributed by atoms with van der Waals surface area (Å²) in [6, 6.07) is 7.99. The van der Waals surface area contributed by atoms with E-state index in [-0.39, 0.29) is 24.7 Å². The van der Waals surface area contributed by atoms with Crippen LogP contribution in [0.5, 0.6) is 5.75 Å². The van der Waals surface area contributed by atoms with Gasteiger partial charge in [-0.2, -0.15) is 15.0 Å². The number of carbonyl (C=O) groups is 1. The molecule has 2 heterocycles. The number of hydrogen-bond acceptors (Lipinski definition) is 5. The van der Waals surface area contributed by atoms with Crippen LogP contribution in [0.1, 0.15) is 11.1 Å². The molecule has 0 unspecified atom stereocenters. The van der Waals surface area contributed by atoms with Crippen molar-refractivity contribution in [1.82, 2.24) is 24.8 Å². The molecule has 2 aromatic carbocycles. The number of amides is 1. The number of nitrogens with one attached hydrogen (secondary N) is 1. The Morgan fingerprint density at radius 3 is 2.60 bits per heavy atom. The second kappa shape index (κ2) is 7.90. The van der Waals surface area contributed by atoms with Gasteiger partial charge in [-0.25, -0.2) is 8.78 Å². The summed E-state index contributed by atoms with van der Waals surface area (Å²) in [5.74, 6) is -2.07. The normalized spacial score (nSPS) is 11.1. The molecule has 1 N–H and O–H groups in total. The van der Waals surface area contributed by atoms with Crippen molar-refractivity contribution in [3.63, 3.8) is 0 Å². The van der Waals surface area contributed by atoms with Gasteiger partial charge in [0.15, 0.2) is 23.2 Å². The Bertz CT molecular complexity index is 1210. The fourth-order valence-corrected chi connectivity index (χ4v) is 3.16. The summed E-state index contributed by atoms with van der Waals surface area (Å²) in [4.78, 5) is 13.6. The summed E-state index contributed by atoms with van der Waals surface area (Å²) in [5.41, 5.74) is 2.09. The highest BCUT2D eigenvalue weighted by Crippen LogP contribution is 2.23. The van der Waals surface area contributed by atoms with Gasteiger partial charge in [-0.05, 0) is 29.3 Å². The highest BCUT2D eigenvalue weighted by Gasteiger charge is 2.13. The molecule has 0 fully saturated rings. The summed E-state index contributed by atoms with van der Waals surface area (Å²) >= 11 is 0. The minimum absolute atomic E-state index is 0.0326. The Morgan fingerprint density at radius 1 is 1.10 bits per heavy atom. The molecule has 4 aromatic rings. The molecule has 0 radical (unpaired) electrons. The first-order valence-electron chi connectivity index (χ1n) is 9.05. The molecule has 0 atom stereocenters. The minimum Gasteiger partial charge on any atom is -0.491 e. The van der Waals surface area contributed by atoms with Gasteiger partial charge < -0.3 is 10.1 Å². The number of benzene rings is 2. The summed E-state index contributed by atoms with van der Waals surface area (Å²) in [7, 11) is 3.03. The molecule has 0 spiro atoms. The van der Waals surface area contributed by atoms with Crippen LogP contribution in [-0.4, -0.2) is 37.8 Å². The van der Waals surface area contributed by atoms with Crippen molar-refractivity contribution >= 4 is 22.6 Å². The van der Waals surface area contributed by atoms with Gasteiger partial charge in [-0.1, -0.05) is 12.1 Å². The molecule has 0 aliphatic heterocycles. The van der Waals surface area contributed by atoms with Gasteiger partial charge in [0.1, 0.15) is 0 Å². The number of rotatable bonds is 6. The molecule has 0 bridgehead atoms. The van der Waals surface area contributed by atoms with E-state index in [1.54, 1.807) is 10.9 Å². The number of fused-ring (bicyclic) bond motifs is 1. The van der Waals surface area contributed by atoms with Crippen molar-refractivity contribution in [2.45, 2.75) is 13.0 Å². The lowest BCUT2D eigenvalue weighted by atomic mass is 10.1. The van der Waals surface area contributed by atoms with Gasteiger partial charge >= 0.3 is 0 Å². The maximum atomic E-state index is 13.8. The number of carbonyl (C=O) groups excluding carboxylic acids is 1. The molecule has 1 amide bonds. The Balaban J connectivity index is 1.41. The van der Waals surface area contributed by atoms with Crippen molar-refractivity contribution in [1.29, 1.82) is 0 Å². The van der Waals surface area contributed by atoms with Crippen LogP contribution in [0.25, 0.3) is 10.9 Å². The number of ether oxygens (including phenoxy) is 1. The zero-order valence-electron chi connectivity index (χ0n) is 16.3. The number of nitrogens with zero attached hydrogens (tertiary/aromatic N) is 5. The Hall–Kier alpha value is -3.82. The third-order valence-electron chi connectivity index (χ3n) is 4.57. The summed E-state index contributed by atoms with van der Waals surface area (Å²) in [6.07, 6.45) is 3.29. The SMILES string of the molecule is COc1c(F)cc(Cn2ncc(NC(=O)Cc3ccc4cnn(C)c4c3)n2)cc1F. The average Bonchev–Trinajstić information content (AvgIpc) is 3.28. The van der Waals surface area contributed by atoms with Crippen LogP contribution in [0.2, 0.25) is 0 Å². The zero-order valence-corrected chi connectivity index (χ0v) is 16.3. The van der Waals surface area contributed by atoms with E-state index < -0.39 is 17.4 Å². The summed E-state index contributed by atoms with van der Waals surface area (Å²) in [5, 5.41) is 16.0. The van der Waals surface area contributed by atoms with Gasteiger partial charge in [0.25, 0.3) is 0 Å². The van der Waals surface area contributed by atoms with Crippen molar-refractivity contribution < 1.29 is 18.3 Å². The molecule has 10 heteroatoms. The van der Waals surface area contributed by atoms with E-state index in [1.807, 2.05) is 25.2 Å². The first-order chi connectivity index (χ1) is 14.4. The maximum absolute atomic E-state index is 13.8. The van der Waals surface area contributed by atoms with Crippen LogP contribution >= 0.6 is 0 Å². The number of halogens is 2. The molecular formula is C20H18F2N6O2. The lowest BCUT2D eigenvalue weighted by Crippen LogP contribution is -2.15. The Morgan fingerprint density at radius 2 is 1.87 bits per heavy atom. The van der Waals surface area contributed by atoms with Crippen LogP contribution in [0, 0.1) is 11.6 Å². The highest BCUT2D eigenvalue weighted by molar-refractivity contribution is 5.92. The van der Waals surface area contributed by atoms with Gasteiger partial charge in [0, 0.05) is 12.4 Å². The van der Waals surface area contributed by atoms with Crippen LogP contribution in [0.3, 0.4) is 0 Å². The van der Waals surface area contributed by atoms with Crippen molar-refractivity contribution in [2.24, 2.45) is 7.05 Å². The molecule has 0 aliphatic carbocycles. The molecule has 0 saturated heterocycles. The van der Waals surface area contributed by atoms with Crippen molar-refractivity contribution in [3.05, 3.63) is 65.5 Å². The molecule has 0 aliphatic rings. The quantitative estimate of drug-likeness (QED) is 0.526. The predicted molar refractivity (Wildman–Crippen MR) is 105 cm³/mol. The van der Waals surface area contributed by atoms with Gasteiger partial charge in [0.05, 0.1) is 38.0 Å². The highest BCUT2D eigenvalue weighted by atomic mass is 19.1. The van der Waals surface area contributed by atoms with E-state index in [0.717, 1.165) is 28.6 Å². The van der Waals surface area contributed by atoms with Crippen LogP contribution in [0.4, 0.5) is 14.6 Å². The van der Waals surface area contributed by atoms with E-state index in [9.17, 15) is 13.6 Å². The topological polar surface area (TPSA) is 86.9 Å². The molecule has 154 valence electrons. The molecule has 2 aromatic heterocycles. The first kappa shape index (κ1) is 19.5. The fraction of sp³-hybridized carbons (Fsp3) is 0.200. The first-order valence-corrected chi connectivity index (χ1v) is 9.05. The van der Waals surface area contributed by atoms with Crippen molar-refractivity contribution in [3.8, 4) is 5.75 Å². The summed E-state index contributed by atoms with van der Waals surface area (Å²) in [6.45, 7) is 0.0326. The average molecular weight is 412 g/mol. The molecule has 0 saturated carbocycles. The fourth-order valence-electron chi connectivity index (χ4n) is 3.16. The third kappa shape index (κ3) is 3.97. The van der Waals surface area contributed by atoms with E-state index in [1.165, 1.54) is 18.1 Å². The van der Waals surface area contributed by atoms with Crippen LogP contribution < -0.4 is 10.1 Å². The van der Waals surface area contributed by atoms with E-state index in [4.69, 9.17) is 0 Å². The predicted octanol–water partition coefficient (Wildman–Crippen LogP) is 2.68. The third-order valence-corrected chi connectivity index (χ3v) is 4.57. The monoisotopic (exact) mass is 412 g/mol. The molecule has 4 rings (SSSR count). The second-order valence-electron chi connectivity index (χ2n) is 6.74. The number of anilines is 1. The van der Waals surface area contributed by atoms with Gasteiger partial charge in [-0.3, -0.25) is 9.48 Å². The summed E-state index contributed by atoms with van der Waals surface area (Å²) < 4.78 is 34.1. The van der Waals surface area contributed by atoms with E-state index in [2.05, 4.69) is 25.3 Å². The lowest BCUT2D eigenvalue weighted by molar-refractivity contribution is -0.115. The zero-order chi connectivity index (χ0) is 21.3. The lowest BCUT2D eigenvalue weighted by Gasteiger charge is -2.06. The Labute approximate surface area is 170 Å². The van der Waals surface area contributed by atoms with Crippen molar-refractivity contribution in [2.75, 3.05) is 12.4 Å². The second-order valence-corrected chi connectivity index (χ2v) is 6.74. The van der Waals surface area contributed by atoms with Crippen LogP contribution in [-0.2, 0) is 24.8 Å². The van der Waals surface area contributed by atoms with Gasteiger partial charge in [-0.15, -0.1) is 5.10 Å². The number of aromatic nitrogens is 5. The molecule has 30 heavy (non-hydrogen) atoms. The largest absolute Gasteiger partial charge is 0.491 e. The standard InChI is InChI=1S/C20H18F2N6O2/c1-27-17-7-12(3-4-14(17)9-23-27)8-19(29)25-18-10-24-28(26-18)11-13-5-15(21)20(30-2)16(22)6-13/h3-7,9-10H,8,11H2,1-2H3,(H,25,26,29). The molecular weight excluding hydrogens is 394 g/mol.